The van der Waals surface area contributed by atoms with Crippen LogP contribution in [0.2, 0.25) is 0 Å². The van der Waals surface area contributed by atoms with Gasteiger partial charge in [-0.1, -0.05) is 19.0 Å². The number of hydrogen-bond acceptors (Lipinski definition) is 4. The summed E-state index contributed by atoms with van der Waals surface area (Å²) < 4.78 is 45.6. The molecule has 0 amide bonds. The van der Waals surface area contributed by atoms with Crippen molar-refractivity contribution in [1.29, 1.82) is 0 Å². The van der Waals surface area contributed by atoms with Crippen LogP contribution in [0.4, 0.5) is 13.2 Å². The molecule has 1 aromatic heterocycles. The van der Waals surface area contributed by atoms with E-state index < -0.39 is 12.8 Å². The lowest BCUT2D eigenvalue weighted by molar-refractivity contribution is -0.173. The van der Waals surface area contributed by atoms with Crippen LogP contribution in [0.15, 0.2) is 15.6 Å². The van der Waals surface area contributed by atoms with Crippen molar-refractivity contribution in [2.75, 3.05) is 26.8 Å². The minimum atomic E-state index is -4.28. The fourth-order valence-corrected chi connectivity index (χ4v) is 2.27. The molecule has 0 bridgehead atoms. The molecule has 0 fully saturated rings. The van der Waals surface area contributed by atoms with Crippen LogP contribution >= 0.6 is 24.0 Å². The first-order chi connectivity index (χ1) is 11.9. The van der Waals surface area contributed by atoms with Gasteiger partial charge in [0.25, 0.3) is 0 Å². The lowest BCUT2D eigenvalue weighted by Crippen LogP contribution is -2.37. The van der Waals surface area contributed by atoms with Gasteiger partial charge in [-0.3, -0.25) is 4.99 Å². The van der Waals surface area contributed by atoms with E-state index in [0.717, 1.165) is 18.5 Å². The largest absolute Gasteiger partial charge is 0.411 e. The maximum absolute atomic E-state index is 11.9. The number of hydrogen-bond donors (Lipinski definition) is 2. The molecule has 152 valence electrons. The molecule has 0 radical (unpaired) electrons. The minimum absolute atomic E-state index is 0. The van der Waals surface area contributed by atoms with Gasteiger partial charge in [0.15, 0.2) is 11.7 Å². The lowest BCUT2D eigenvalue weighted by Gasteiger charge is -2.11. The number of nitrogens with one attached hydrogen (secondary N) is 2. The van der Waals surface area contributed by atoms with Gasteiger partial charge in [-0.25, -0.2) is 0 Å². The van der Waals surface area contributed by atoms with Crippen LogP contribution < -0.4 is 10.6 Å². The number of nitrogens with zero attached hydrogens (tertiary/aromatic N) is 2. The van der Waals surface area contributed by atoms with Crippen molar-refractivity contribution < 1.29 is 22.4 Å². The first-order valence-corrected chi connectivity index (χ1v) is 8.44. The molecule has 1 rings (SSSR count). The zero-order chi connectivity index (χ0) is 18.7. The van der Waals surface area contributed by atoms with Crippen molar-refractivity contribution in [2.24, 2.45) is 4.99 Å². The van der Waals surface area contributed by atoms with Gasteiger partial charge in [0.05, 0.1) is 12.2 Å². The summed E-state index contributed by atoms with van der Waals surface area (Å²) in [5, 5.41) is 10.2. The third-order valence-corrected chi connectivity index (χ3v) is 3.66. The van der Waals surface area contributed by atoms with Crippen molar-refractivity contribution in [2.45, 2.75) is 51.7 Å². The van der Waals surface area contributed by atoms with E-state index in [-0.39, 0.29) is 30.6 Å². The molecule has 0 atom stereocenters. The maximum atomic E-state index is 11.9. The molecule has 0 saturated heterocycles. The summed E-state index contributed by atoms with van der Waals surface area (Å²) in [6, 6.07) is 1.93. The maximum Gasteiger partial charge on any atom is 0.411 e. The van der Waals surface area contributed by atoms with E-state index in [1.807, 2.05) is 6.07 Å². The van der Waals surface area contributed by atoms with E-state index >= 15 is 0 Å². The van der Waals surface area contributed by atoms with Gasteiger partial charge in [0.1, 0.15) is 6.61 Å². The number of guanidine groups is 1. The van der Waals surface area contributed by atoms with Crippen molar-refractivity contribution in [3.63, 3.8) is 0 Å². The fourth-order valence-electron chi connectivity index (χ4n) is 2.27. The summed E-state index contributed by atoms with van der Waals surface area (Å²) in [5.74, 6) is 1.64. The molecule has 0 aliphatic heterocycles. The Labute approximate surface area is 169 Å². The molecule has 6 nitrogen and oxygen atoms in total. The van der Waals surface area contributed by atoms with E-state index in [2.05, 4.69) is 39.4 Å². The highest BCUT2D eigenvalue weighted by Gasteiger charge is 2.27. The summed E-state index contributed by atoms with van der Waals surface area (Å²) >= 11 is 0. The highest BCUT2D eigenvalue weighted by Crippen LogP contribution is 2.22. The zero-order valence-electron chi connectivity index (χ0n) is 15.4. The van der Waals surface area contributed by atoms with Gasteiger partial charge in [-0.05, 0) is 19.3 Å². The number of halogens is 4. The molecular weight excluding hydrogens is 464 g/mol. The van der Waals surface area contributed by atoms with Gasteiger partial charge < -0.3 is 19.9 Å². The Morgan fingerprint density at radius 3 is 2.58 bits per heavy atom. The highest BCUT2D eigenvalue weighted by atomic mass is 127. The second kappa shape index (κ2) is 13.2. The average Bonchev–Trinajstić information content (AvgIpc) is 3.02. The topological polar surface area (TPSA) is 71.7 Å². The molecule has 1 heterocycles. The molecule has 2 N–H and O–H groups in total. The quantitative estimate of drug-likeness (QED) is 0.225. The Bertz CT molecular complexity index is 520. The number of aliphatic imine (C=N–C) groups is 1. The Morgan fingerprint density at radius 2 is 2.00 bits per heavy atom. The molecule has 0 aliphatic carbocycles. The van der Waals surface area contributed by atoms with Crippen LogP contribution in [0.25, 0.3) is 0 Å². The van der Waals surface area contributed by atoms with Crippen molar-refractivity contribution in [3.05, 3.63) is 17.5 Å². The second-order valence-electron chi connectivity index (χ2n) is 5.61. The normalized spacial score (nSPS) is 12.2. The van der Waals surface area contributed by atoms with Gasteiger partial charge in [0.2, 0.25) is 0 Å². The second-order valence-corrected chi connectivity index (χ2v) is 5.61. The van der Waals surface area contributed by atoms with Gasteiger partial charge in [-0.2, -0.15) is 13.2 Å². The van der Waals surface area contributed by atoms with Gasteiger partial charge in [-0.15, -0.1) is 24.0 Å². The molecule has 0 aliphatic rings. The summed E-state index contributed by atoms with van der Waals surface area (Å²) in [6.07, 6.45) is -1.82. The standard InChI is InChI=1S/C16H27F3N4O2.HI/c1-4-12(5-2)14-9-13(25-23-14)10-22-15(20-3)21-7-6-8-24-11-16(17,18)19;/h9,12H,4-8,10-11H2,1-3H3,(H2,20,21,22);1H. The Morgan fingerprint density at radius 1 is 1.31 bits per heavy atom. The highest BCUT2D eigenvalue weighted by molar-refractivity contribution is 14.0. The summed E-state index contributed by atoms with van der Waals surface area (Å²) in [4.78, 5) is 4.05. The van der Waals surface area contributed by atoms with Crippen LogP contribution in [0.3, 0.4) is 0 Å². The Kier molecular flexibility index (Phi) is 12.7. The van der Waals surface area contributed by atoms with Crippen molar-refractivity contribution in [3.8, 4) is 0 Å². The number of alkyl halides is 3. The SMILES string of the molecule is CCC(CC)c1cc(CNC(=NC)NCCCOCC(F)(F)F)on1.I. The molecule has 26 heavy (non-hydrogen) atoms. The molecule has 0 saturated carbocycles. The minimum Gasteiger partial charge on any atom is -0.372 e. The van der Waals surface area contributed by atoms with Crippen molar-refractivity contribution in [1.82, 2.24) is 15.8 Å². The average molecular weight is 492 g/mol. The zero-order valence-corrected chi connectivity index (χ0v) is 17.7. The predicted molar refractivity (Wildman–Crippen MR) is 105 cm³/mol. The van der Waals surface area contributed by atoms with Crippen LogP contribution in [0, 0.1) is 0 Å². The number of ether oxygens (including phenoxy) is 1. The van der Waals surface area contributed by atoms with Gasteiger partial charge in [0, 0.05) is 32.2 Å². The van der Waals surface area contributed by atoms with E-state index in [1.165, 1.54) is 0 Å². The van der Waals surface area contributed by atoms with Crippen molar-refractivity contribution >= 4 is 29.9 Å². The van der Waals surface area contributed by atoms with Crippen LogP contribution in [0.1, 0.15) is 50.5 Å². The van der Waals surface area contributed by atoms with E-state index in [1.54, 1.807) is 7.05 Å². The Balaban J connectivity index is 0.00000625. The van der Waals surface area contributed by atoms with Crippen LogP contribution in [-0.2, 0) is 11.3 Å². The van der Waals surface area contributed by atoms with Gasteiger partial charge >= 0.3 is 6.18 Å². The smallest absolute Gasteiger partial charge is 0.372 e. The molecule has 10 heteroatoms. The van der Waals surface area contributed by atoms with E-state index in [0.29, 0.717) is 37.1 Å². The molecule has 1 aromatic rings. The summed E-state index contributed by atoms with van der Waals surface area (Å²) in [5.41, 5.74) is 0.951. The first kappa shape index (κ1) is 25.0. The fraction of sp³-hybridized carbons (Fsp3) is 0.750. The molecular formula is C16H28F3IN4O2. The molecule has 0 aromatic carbocycles. The molecule has 0 spiro atoms. The van der Waals surface area contributed by atoms with Crippen LogP contribution in [0.5, 0.6) is 0 Å². The summed E-state index contributed by atoms with van der Waals surface area (Å²) in [7, 11) is 1.62. The predicted octanol–water partition coefficient (Wildman–Crippen LogP) is 3.83. The first-order valence-electron chi connectivity index (χ1n) is 8.44. The van der Waals surface area contributed by atoms with Crippen LogP contribution in [-0.4, -0.2) is 44.1 Å². The number of rotatable bonds is 10. The Hall–Kier alpha value is -1.04. The number of aromatic nitrogens is 1. The monoisotopic (exact) mass is 492 g/mol. The summed E-state index contributed by atoms with van der Waals surface area (Å²) in [6.45, 7) is 3.93. The molecule has 0 unspecified atom stereocenters. The lowest BCUT2D eigenvalue weighted by atomic mass is 9.99. The van der Waals surface area contributed by atoms with E-state index in [4.69, 9.17) is 4.52 Å². The van der Waals surface area contributed by atoms with E-state index in [9.17, 15) is 13.2 Å². The third kappa shape index (κ3) is 10.2. The third-order valence-electron chi connectivity index (χ3n) is 3.66.